The molecule has 1 amide bonds. The van der Waals surface area contributed by atoms with Gasteiger partial charge in [0.05, 0.1) is 6.04 Å². The van der Waals surface area contributed by atoms with Crippen LogP contribution in [0, 0.1) is 6.92 Å². The van der Waals surface area contributed by atoms with Gasteiger partial charge in [-0.05, 0) is 31.0 Å². The molecule has 0 bridgehead atoms. The number of hydrogen-bond acceptors (Lipinski definition) is 2. The van der Waals surface area contributed by atoms with E-state index in [1.165, 1.54) is 0 Å². The van der Waals surface area contributed by atoms with E-state index in [9.17, 15) is 4.79 Å². The second kappa shape index (κ2) is 6.74. The Morgan fingerprint density at radius 1 is 1.14 bits per heavy atom. The molecule has 0 aromatic heterocycles. The third kappa shape index (κ3) is 3.84. The van der Waals surface area contributed by atoms with Crippen LogP contribution in [0.4, 0.5) is 0 Å². The SMILES string of the molecule is Cc1ccc(C(N)C(=O)N[C@H](C)c2ccccc2Cl)cc1. The van der Waals surface area contributed by atoms with E-state index in [2.05, 4.69) is 5.32 Å². The van der Waals surface area contributed by atoms with Gasteiger partial charge in [-0.2, -0.15) is 0 Å². The monoisotopic (exact) mass is 302 g/mol. The summed E-state index contributed by atoms with van der Waals surface area (Å²) < 4.78 is 0. The van der Waals surface area contributed by atoms with Gasteiger partial charge < -0.3 is 11.1 Å². The van der Waals surface area contributed by atoms with Gasteiger partial charge in [0, 0.05) is 5.02 Å². The lowest BCUT2D eigenvalue weighted by molar-refractivity contribution is -0.123. The lowest BCUT2D eigenvalue weighted by Crippen LogP contribution is -2.35. The summed E-state index contributed by atoms with van der Waals surface area (Å²) in [5, 5.41) is 3.54. The van der Waals surface area contributed by atoms with Gasteiger partial charge in [-0.25, -0.2) is 0 Å². The Balaban J connectivity index is 2.07. The van der Waals surface area contributed by atoms with Gasteiger partial charge in [0.1, 0.15) is 6.04 Å². The van der Waals surface area contributed by atoms with Gasteiger partial charge in [-0.15, -0.1) is 0 Å². The van der Waals surface area contributed by atoms with Crippen molar-refractivity contribution in [3.05, 3.63) is 70.2 Å². The molecule has 0 spiro atoms. The maximum Gasteiger partial charge on any atom is 0.241 e. The van der Waals surface area contributed by atoms with E-state index >= 15 is 0 Å². The fourth-order valence-electron chi connectivity index (χ4n) is 2.13. The molecule has 2 atom stereocenters. The number of halogens is 1. The summed E-state index contributed by atoms with van der Waals surface area (Å²) in [6.45, 7) is 3.88. The molecule has 0 aliphatic carbocycles. The van der Waals surface area contributed by atoms with E-state index in [-0.39, 0.29) is 11.9 Å². The third-order valence-corrected chi connectivity index (χ3v) is 3.79. The molecule has 3 N–H and O–H groups in total. The van der Waals surface area contributed by atoms with E-state index in [4.69, 9.17) is 17.3 Å². The van der Waals surface area contributed by atoms with E-state index in [0.717, 1.165) is 16.7 Å². The molecule has 0 radical (unpaired) electrons. The summed E-state index contributed by atoms with van der Waals surface area (Å²) in [7, 11) is 0. The lowest BCUT2D eigenvalue weighted by Gasteiger charge is -2.19. The zero-order valence-corrected chi connectivity index (χ0v) is 12.9. The van der Waals surface area contributed by atoms with Crippen molar-refractivity contribution in [3.8, 4) is 0 Å². The van der Waals surface area contributed by atoms with Crippen molar-refractivity contribution in [1.82, 2.24) is 5.32 Å². The molecule has 2 aromatic rings. The molecule has 4 heteroatoms. The Morgan fingerprint density at radius 3 is 2.38 bits per heavy atom. The normalized spacial score (nSPS) is 13.5. The maximum absolute atomic E-state index is 12.2. The molecule has 21 heavy (non-hydrogen) atoms. The van der Waals surface area contributed by atoms with Gasteiger partial charge in [-0.3, -0.25) is 4.79 Å². The predicted molar refractivity (Wildman–Crippen MR) is 86.1 cm³/mol. The summed E-state index contributed by atoms with van der Waals surface area (Å²) in [6.07, 6.45) is 0. The molecule has 3 nitrogen and oxygen atoms in total. The third-order valence-electron chi connectivity index (χ3n) is 3.45. The minimum Gasteiger partial charge on any atom is -0.348 e. The molecule has 2 rings (SSSR count). The van der Waals surface area contributed by atoms with E-state index in [1.807, 2.05) is 56.3 Å². The average molecular weight is 303 g/mol. The summed E-state index contributed by atoms with van der Waals surface area (Å²) in [5.41, 5.74) is 8.82. The summed E-state index contributed by atoms with van der Waals surface area (Å²) >= 11 is 6.13. The largest absolute Gasteiger partial charge is 0.348 e. The lowest BCUT2D eigenvalue weighted by atomic mass is 10.0. The van der Waals surface area contributed by atoms with Crippen molar-refractivity contribution in [2.24, 2.45) is 5.73 Å². The Labute approximate surface area is 130 Å². The molecule has 0 heterocycles. The first kappa shape index (κ1) is 15.5. The van der Waals surface area contributed by atoms with Gasteiger partial charge >= 0.3 is 0 Å². The predicted octanol–water partition coefficient (Wildman–Crippen LogP) is 3.53. The fourth-order valence-corrected chi connectivity index (χ4v) is 2.43. The summed E-state index contributed by atoms with van der Waals surface area (Å²) in [6, 6.07) is 14.2. The van der Waals surface area contributed by atoms with Crippen LogP contribution in [-0.4, -0.2) is 5.91 Å². The van der Waals surface area contributed by atoms with E-state index < -0.39 is 6.04 Å². The molecule has 1 unspecified atom stereocenters. The van der Waals surface area contributed by atoms with E-state index in [1.54, 1.807) is 6.07 Å². The van der Waals surface area contributed by atoms with Gasteiger partial charge in [0.25, 0.3) is 0 Å². The highest BCUT2D eigenvalue weighted by atomic mass is 35.5. The number of amides is 1. The fraction of sp³-hybridized carbons (Fsp3) is 0.235. The van der Waals surface area contributed by atoms with Crippen molar-refractivity contribution >= 4 is 17.5 Å². The van der Waals surface area contributed by atoms with Crippen molar-refractivity contribution in [2.45, 2.75) is 25.9 Å². The number of benzene rings is 2. The van der Waals surface area contributed by atoms with Crippen LogP contribution < -0.4 is 11.1 Å². The maximum atomic E-state index is 12.2. The van der Waals surface area contributed by atoms with Gasteiger partial charge in [0.2, 0.25) is 5.91 Å². The first-order chi connectivity index (χ1) is 9.99. The molecule has 0 aliphatic rings. The molecule has 0 saturated carbocycles. The van der Waals surface area contributed by atoms with Crippen LogP contribution in [-0.2, 0) is 4.79 Å². The molecule has 0 fully saturated rings. The smallest absolute Gasteiger partial charge is 0.241 e. The first-order valence-electron chi connectivity index (χ1n) is 6.86. The second-order valence-electron chi connectivity index (χ2n) is 5.14. The Hall–Kier alpha value is -1.84. The molecule has 110 valence electrons. The van der Waals surface area contributed by atoms with E-state index in [0.29, 0.717) is 5.02 Å². The highest BCUT2D eigenvalue weighted by Crippen LogP contribution is 2.23. The van der Waals surface area contributed by atoms with Crippen LogP contribution in [0.25, 0.3) is 0 Å². The van der Waals surface area contributed by atoms with Crippen molar-refractivity contribution in [1.29, 1.82) is 0 Å². The summed E-state index contributed by atoms with van der Waals surface area (Å²) in [4.78, 5) is 12.2. The molecular formula is C17H19ClN2O. The highest BCUT2D eigenvalue weighted by Gasteiger charge is 2.19. The topological polar surface area (TPSA) is 55.1 Å². The Morgan fingerprint density at radius 2 is 1.76 bits per heavy atom. The number of hydrogen-bond donors (Lipinski definition) is 2. The van der Waals surface area contributed by atoms with Gasteiger partial charge in [-0.1, -0.05) is 59.6 Å². The Kier molecular flexibility index (Phi) is 4.99. The summed E-state index contributed by atoms with van der Waals surface area (Å²) in [5.74, 6) is -0.216. The van der Waals surface area contributed by atoms with Crippen LogP contribution in [0.15, 0.2) is 48.5 Å². The molecule has 0 saturated heterocycles. The molecule has 2 aromatic carbocycles. The first-order valence-corrected chi connectivity index (χ1v) is 7.24. The minimum absolute atomic E-state index is 0.192. The number of nitrogens with one attached hydrogen (secondary N) is 1. The zero-order chi connectivity index (χ0) is 15.4. The molecule has 0 aliphatic heterocycles. The van der Waals surface area contributed by atoms with Crippen LogP contribution >= 0.6 is 11.6 Å². The number of aryl methyl sites for hydroxylation is 1. The van der Waals surface area contributed by atoms with Crippen molar-refractivity contribution in [2.75, 3.05) is 0 Å². The minimum atomic E-state index is -0.685. The van der Waals surface area contributed by atoms with Crippen molar-refractivity contribution < 1.29 is 4.79 Å². The van der Waals surface area contributed by atoms with Crippen LogP contribution in [0.1, 0.15) is 35.7 Å². The van der Waals surface area contributed by atoms with Gasteiger partial charge in [0.15, 0.2) is 0 Å². The van der Waals surface area contributed by atoms with Crippen LogP contribution in [0.3, 0.4) is 0 Å². The standard InChI is InChI=1S/C17H19ClN2O/c1-11-7-9-13(10-8-11)16(19)17(21)20-12(2)14-5-3-4-6-15(14)18/h3-10,12,16H,19H2,1-2H3,(H,20,21)/t12-,16?/m1/s1. The van der Waals surface area contributed by atoms with Crippen LogP contribution in [0.2, 0.25) is 5.02 Å². The number of carbonyl (C=O) groups is 1. The average Bonchev–Trinajstić information content (AvgIpc) is 2.47. The van der Waals surface area contributed by atoms with Crippen LogP contribution in [0.5, 0.6) is 0 Å². The number of nitrogens with two attached hydrogens (primary N) is 1. The molecular weight excluding hydrogens is 284 g/mol. The number of carbonyl (C=O) groups excluding carboxylic acids is 1. The zero-order valence-electron chi connectivity index (χ0n) is 12.1. The quantitative estimate of drug-likeness (QED) is 0.908. The Bertz CT molecular complexity index is 625. The second-order valence-corrected chi connectivity index (χ2v) is 5.55. The number of rotatable bonds is 4. The highest BCUT2D eigenvalue weighted by molar-refractivity contribution is 6.31. The van der Waals surface area contributed by atoms with Crippen molar-refractivity contribution in [3.63, 3.8) is 0 Å².